The molecule has 46 heavy (non-hydrogen) atoms. The Kier molecular flexibility index (Phi) is 8.90. The van der Waals surface area contributed by atoms with E-state index in [9.17, 15) is 0 Å². The average molecular weight is 647 g/mol. The summed E-state index contributed by atoms with van der Waals surface area (Å²) in [6.45, 7) is 20.9. The number of aryl methyl sites for hydroxylation is 2. The Hall–Kier alpha value is -3.48. The molecular weight excluding hydrogens is 597 g/mol. The third kappa shape index (κ3) is 6.26. The minimum absolute atomic E-state index is 0.156. The molecule has 5 heterocycles. The van der Waals surface area contributed by atoms with Gasteiger partial charge in [-0.3, -0.25) is 0 Å². The summed E-state index contributed by atoms with van der Waals surface area (Å²) >= 11 is 0. The van der Waals surface area contributed by atoms with E-state index in [1.54, 1.807) is 13.4 Å². The summed E-state index contributed by atoms with van der Waals surface area (Å²) in [4.78, 5) is 17.4. The van der Waals surface area contributed by atoms with Gasteiger partial charge in [0.15, 0.2) is 19.8 Å². The molecule has 0 aliphatic carbocycles. The zero-order valence-corrected chi connectivity index (χ0v) is 30.0. The third-order valence-electron chi connectivity index (χ3n) is 10.3. The van der Waals surface area contributed by atoms with Crippen molar-refractivity contribution in [2.45, 2.75) is 97.4 Å². The molecule has 4 aromatic rings. The van der Waals surface area contributed by atoms with Gasteiger partial charge in [0, 0.05) is 25.8 Å². The molecule has 1 atom stereocenters. The van der Waals surface area contributed by atoms with E-state index in [0.717, 1.165) is 90.6 Å². The fraction of sp³-hybridized carbons (Fsp3) is 0.588. The summed E-state index contributed by atoms with van der Waals surface area (Å²) in [5.41, 5.74) is 5.07. The molecule has 248 valence electrons. The fourth-order valence-electron chi connectivity index (χ4n) is 6.26. The normalized spacial score (nSPS) is 18.1. The molecule has 11 nitrogen and oxygen atoms in total. The second-order valence-corrected chi connectivity index (χ2v) is 19.2. The summed E-state index contributed by atoms with van der Waals surface area (Å²) in [6.07, 6.45) is 7.75. The van der Waals surface area contributed by atoms with Gasteiger partial charge in [0.05, 0.1) is 48.8 Å². The Morgan fingerprint density at radius 1 is 1.07 bits per heavy atom. The number of imidazole rings is 1. The minimum atomic E-state index is -1.91. The largest absolute Gasteiger partial charge is 0.496 e. The number of aromatic nitrogens is 6. The summed E-state index contributed by atoms with van der Waals surface area (Å²) in [6, 6.07) is 4.64. The van der Waals surface area contributed by atoms with E-state index < -0.39 is 8.32 Å². The van der Waals surface area contributed by atoms with Crippen LogP contribution in [0.4, 0.5) is 17.6 Å². The van der Waals surface area contributed by atoms with Crippen molar-refractivity contribution in [1.82, 2.24) is 29.3 Å². The van der Waals surface area contributed by atoms with E-state index in [1.807, 2.05) is 16.8 Å². The molecule has 1 N–H and O–H groups in total. The molecular formula is C34H50N8O3Si. The van der Waals surface area contributed by atoms with E-state index >= 15 is 0 Å². The monoisotopic (exact) mass is 646 g/mol. The molecule has 12 heteroatoms. The number of nitrogens with one attached hydrogen (secondary N) is 1. The van der Waals surface area contributed by atoms with Crippen molar-refractivity contribution < 1.29 is 13.9 Å². The highest BCUT2D eigenvalue weighted by Gasteiger charge is 2.39. The lowest BCUT2D eigenvalue weighted by molar-refractivity contribution is 0.0672. The van der Waals surface area contributed by atoms with Gasteiger partial charge in [0.1, 0.15) is 17.9 Å². The van der Waals surface area contributed by atoms with Gasteiger partial charge >= 0.3 is 0 Å². The van der Waals surface area contributed by atoms with E-state index in [0.29, 0.717) is 18.4 Å². The van der Waals surface area contributed by atoms with Crippen LogP contribution in [0.1, 0.15) is 69.3 Å². The van der Waals surface area contributed by atoms with Crippen molar-refractivity contribution in [3.63, 3.8) is 0 Å². The van der Waals surface area contributed by atoms with Crippen LogP contribution in [0.25, 0.3) is 16.7 Å². The van der Waals surface area contributed by atoms with Gasteiger partial charge in [0.2, 0.25) is 5.95 Å². The molecule has 0 saturated carbocycles. The van der Waals surface area contributed by atoms with Gasteiger partial charge in [-0.25, -0.2) is 9.67 Å². The van der Waals surface area contributed by atoms with Crippen molar-refractivity contribution in [3.05, 3.63) is 41.5 Å². The Labute approximate surface area is 273 Å². The van der Waals surface area contributed by atoms with Crippen molar-refractivity contribution in [2.24, 2.45) is 0 Å². The van der Waals surface area contributed by atoms with Gasteiger partial charge in [-0.05, 0) is 81.8 Å². The molecule has 1 aromatic carbocycles. The molecule has 0 bridgehead atoms. The Morgan fingerprint density at radius 3 is 2.54 bits per heavy atom. The first-order valence-corrected chi connectivity index (χ1v) is 19.5. The number of anilines is 3. The lowest BCUT2D eigenvalue weighted by atomic mass is 10.1. The Morgan fingerprint density at radius 2 is 1.83 bits per heavy atom. The van der Waals surface area contributed by atoms with Gasteiger partial charge in [-0.15, -0.1) is 0 Å². The average Bonchev–Trinajstić information content (AvgIpc) is 3.76. The van der Waals surface area contributed by atoms with Crippen molar-refractivity contribution in [3.8, 4) is 11.4 Å². The van der Waals surface area contributed by atoms with Crippen LogP contribution in [0.5, 0.6) is 5.75 Å². The van der Waals surface area contributed by atoms with Crippen LogP contribution in [0, 0.1) is 20.8 Å². The van der Waals surface area contributed by atoms with Crippen LogP contribution in [-0.2, 0) is 9.16 Å². The van der Waals surface area contributed by atoms with Crippen LogP contribution < -0.4 is 15.0 Å². The topological polar surface area (TPSA) is 104 Å². The summed E-state index contributed by atoms with van der Waals surface area (Å²) < 4.78 is 22.2. The van der Waals surface area contributed by atoms with E-state index in [4.69, 9.17) is 29.0 Å². The Balaban J connectivity index is 1.37. The third-order valence-corrected chi connectivity index (χ3v) is 14.8. The zero-order valence-electron chi connectivity index (χ0n) is 29.0. The number of hydrogen-bond acceptors (Lipinski definition) is 9. The second-order valence-electron chi connectivity index (χ2n) is 14.4. The predicted molar refractivity (Wildman–Crippen MR) is 186 cm³/mol. The number of methoxy groups -OCH3 is 1. The summed E-state index contributed by atoms with van der Waals surface area (Å²) in [5, 5.41) is 9.67. The number of rotatable bonds is 9. The summed E-state index contributed by atoms with van der Waals surface area (Å²) in [7, 11) is -0.202. The van der Waals surface area contributed by atoms with Crippen molar-refractivity contribution in [2.75, 3.05) is 43.7 Å². The van der Waals surface area contributed by atoms with Crippen LogP contribution in [0.2, 0.25) is 18.1 Å². The molecule has 0 amide bonds. The fourth-order valence-corrected chi connectivity index (χ4v) is 7.30. The number of ether oxygens (including phenoxy) is 2. The van der Waals surface area contributed by atoms with Gasteiger partial charge in [0.25, 0.3) is 0 Å². The predicted octanol–water partition coefficient (Wildman–Crippen LogP) is 7.03. The second kappa shape index (κ2) is 12.6. The number of nitrogens with zero attached hydrogens (tertiary/aromatic N) is 7. The number of fused-ring (bicyclic) bond motifs is 1. The summed E-state index contributed by atoms with van der Waals surface area (Å²) in [5.74, 6) is 2.94. The smallest absolute Gasteiger partial charge is 0.232 e. The van der Waals surface area contributed by atoms with Gasteiger partial charge in [-0.2, -0.15) is 15.1 Å². The first kappa shape index (κ1) is 32.5. The highest BCUT2D eigenvalue weighted by molar-refractivity contribution is 6.74. The standard InChI is InChI=1S/C34H50N8O3Si/c1-22-17-27(18-28(43-7)23(22)2)40-19-29(35-21-40)36-33-37-31(41-14-10-11-26(41)20-45-46(8,9)34(4,5)6)30-24(3)39-42(32(30)38-33)25-12-15-44-16-13-25/h17-19,21,25-26H,10-16,20H2,1-9H3,(H,36,37,38)/t26-/m0/s1. The first-order chi connectivity index (χ1) is 21.9. The van der Waals surface area contributed by atoms with Gasteiger partial charge < -0.3 is 28.7 Å². The zero-order chi connectivity index (χ0) is 32.8. The van der Waals surface area contributed by atoms with Crippen LogP contribution in [-0.4, -0.2) is 77.1 Å². The quantitative estimate of drug-likeness (QED) is 0.192. The van der Waals surface area contributed by atoms with Crippen LogP contribution in [0.3, 0.4) is 0 Å². The molecule has 0 unspecified atom stereocenters. The number of hydrogen-bond donors (Lipinski definition) is 1. The molecule has 6 rings (SSSR count). The van der Waals surface area contributed by atoms with E-state index in [-0.39, 0.29) is 17.1 Å². The lowest BCUT2D eigenvalue weighted by Gasteiger charge is -2.38. The maximum absolute atomic E-state index is 6.76. The van der Waals surface area contributed by atoms with Gasteiger partial charge in [-0.1, -0.05) is 20.8 Å². The Bertz CT molecular complexity index is 1700. The molecule has 0 spiro atoms. The van der Waals surface area contributed by atoms with Crippen LogP contribution in [0.15, 0.2) is 24.7 Å². The van der Waals surface area contributed by atoms with Crippen LogP contribution >= 0.6 is 0 Å². The SMILES string of the molecule is COc1cc(-n2cnc(Nc3nc(N4CCC[C@H]4CO[Si](C)(C)C(C)(C)C)c4c(C)nn(C5CCOCC5)c4n3)c2)cc(C)c1C. The first-order valence-electron chi connectivity index (χ1n) is 16.6. The molecule has 0 radical (unpaired) electrons. The van der Waals surface area contributed by atoms with E-state index in [1.165, 1.54) is 0 Å². The van der Waals surface area contributed by atoms with Crippen molar-refractivity contribution >= 4 is 36.9 Å². The molecule has 2 aliphatic rings. The lowest BCUT2D eigenvalue weighted by Crippen LogP contribution is -2.45. The molecule has 2 fully saturated rings. The molecule has 2 saturated heterocycles. The highest BCUT2D eigenvalue weighted by Crippen LogP contribution is 2.39. The molecule has 3 aromatic heterocycles. The molecule has 2 aliphatic heterocycles. The van der Waals surface area contributed by atoms with Crippen molar-refractivity contribution in [1.29, 1.82) is 0 Å². The maximum Gasteiger partial charge on any atom is 0.232 e. The minimum Gasteiger partial charge on any atom is -0.496 e. The maximum atomic E-state index is 6.76. The number of benzene rings is 1. The van der Waals surface area contributed by atoms with E-state index in [2.05, 4.69) is 80.6 Å². The highest BCUT2D eigenvalue weighted by atomic mass is 28.4.